The molecule has 19 heavy (non-hydrogen) atoms. The number of carbonyl (C=O) groups is 1. The number of benzene rings is 1. The van der Waals surface area contributed by atoms with Gasteiger partial charge in [0, 0.05) is 6.20 Å². The zero-order chi connectivity index (χ0) is 13.8. The maximum Gasteiger partial charge on any atom is 0.335 e. The first kappa shape index (κ1) is 12.5. The number of pyridine rings is 1. The van der Waals surface area contributed by atoms with Crippen molar-refractivity contribution in [1.82, 2.24) is 4.98 Å². The van der Waals surface area contributed by atoms with Crippen LogP contribution in [0.1, 0.15) is 16.1 Å². The molecule has 5 nitrogen and oxygen atoms in total. The first-order valence-corrected chi connectivity index (χ1v) is 5.27. The van der Waals surface area contributed by atoms with Gasteiger partial charge in [0.2, 0.25) is 0 Å². The predicted molar refractivity (Wildman–Crippen MR) is 65.6 cm³/mol. The Kier molecular flexibility index (Phi) is 3.39. The van der Waals surface area contributed by atoms with Crippen molar-refractivity contribution in [3.63, 3.8) is 0 Å². The molecule has 0 aliphatic heterocycles. The van der Waals surface area contributed by atoms with E-state index in [1.807, 2.05) is 6.07 Å². The highest BCUT2D eigenvalue weighted by molar-refractivity contribution is 5.88. The van der Waals surface area contributed by atoms with Gasteiger partial charge in [0.25, 0.3) is 0 Å². The van der Waals surface area contributed by atoms with Crippen molar-refractivity contribution < 1.29 is 14.3 Å². The standard InChI is InChI=1S/C13H8FN3O2/c14-9-6-8(13(18)19)3-4-10(9)17-11-2-1-5-16-12(11)7-15/h1-6,17H,(H,18,19). The summed E-state index contributed by atoms with van der Waals surface area (Å²) in [6.45, 7) is 0. The molecule has 2 aromatic rings. The van der Waals surface area contributed by atoms with E-state index in [1.165, 1.54) is 18.3 Å². The molecule has 2 N–H and O–H groups in total. The molecule has 0 amide bonds. The minimum Gasteiger partial charge on any atom is -0.478 e. The second kappa shape index (κ2) is 5.14. The van der Waals surface area contributed by atoms with Crippen LogP contribution in [0.25, 0.3) is 0 Å². The fourth-order valence-corrected chi connectivity index (χ4v) is 1.49. The zero-order valence-corrected chi connectivity index (χ0v) is 9.59. The summed E-state index contributed by atoms with van der Waals surface area (Å²) in [7, 11) is 0. The summed E-state index contributed by atoms with van der Waals surface area (Å²) in [6, 6.07) is 8.54. The number of nitriles is 1. The fraction of sp³-hybridized carbons (Fsp3) is 0. The minimum absolute atomic E-state index is 0.0782. The summed E-state index contributed by atoms with van der Waals surface area (Å²) in [5.74, 6) is -1.92. The highest BCUT2D eigenvalue weighted by atomic mass is 19.1. The quantitative estimate of drug-likeness (QED) is 0.882. The van der Waals surface area contributed by atoms with Crippen molar-refractivity contribution in [3.8, 4) is 6.07 Å². The molecule has 0 saturated carbocycles. The lowest BCUT2D eigenvalue weighted by atomic mass is 10.2. The summed E-state index contributed by atoms with van der Waals surface area (Å²) in [5, 5.41) is 20.3. The summed E-state index contributed by atoms with van der Waals surface area (Å²) >= 11 is 0. The Morgan fingerprint density at radius 2 is 2.16 bits per heavy atom. The topological polar surface area (TPSA) is 86.0 Å². The SMILES string of the molecule is N#Cc1ncccc1Nc1ccc(C(=O)O)cc1F. The summed E-state index contributed by atoms with van der Waals surface area (Å²) in [5.41, 5.74) is 0.417. The lowest BCUT2D eigenvalue weighted by Gasteiger charge is -2.08. The highest BCUT2D eigenvalue weighted by Gasteiger charge is 2.10. The first-order valence-electron chi connectivity index (χ1n) is 5.27. The van der Waals surface area contributed by atoms with Gasteiger partial charge in [0.05, 0.1) is 16.9 Å². The number of aromatic carboxylic acids is 1. The van der Waals surface area contributed by atoms with Crippen LogP contribution in [0.2, 0.25) is 0 Å². The molecule has 0 unspecified atom stereocenters. The fourth-order valence-electron chi connectivity index (χ4n) is 1.49. The normalized spacial score (nSPS) is 9.68. The van der Waals surface area contributed by atoms with Gasteiger partial charge in [-0.1, -0.05) is 0 Å². The number of rotatable bonds is 3. The minimum atomic E-state index is -1.20. The maximum atomic E-state index is 13.7. The molecule has 0 saturated heterocycles. The average Bonchev–Trinajstić information content (AvgIpc) is 2.41. The number of hydrogen-bond acceptors (Lipinski definition) is 4. The Labute approximate surface area is 108 Å². The van der Waals surface area contributed by atoms with E-state index in [2.05, 4.69) is 10.3 Å². The molecule has 0 atom stereocenters. The number of nitrogens with zero attached hydrogens (tertiary/aromatic N) is 2. The third kappa shape index (κ3) is 2.66. The van der Waals surface area contributed by atoms with Gasteiger partial charge in [-0.25, -0.2) is 14.2 Å². The lowest BCUT2D eigenvalue weighted by molar-refractivity contribution is 0.0696. The second-order valence-corrected chi connectivity index (χ2v) is 3.64. The molecule has 0 fully saturated rings. The summed E-state index contributed by atoms with van der Waals surface area (Å²) in [6.07, 6.45) is 1.45. The molecule has 1 aromatic heterocycles. The van der Waals surface area contributed by atoms with Gasteiger partial charge in [-0.05, 0) is 30.3 Å². The van der Waals surface area contributed by atoms with Crippen LogP contribution in [0.5, 0.6) is 0 Å². The number of anilines is 2. The monoisotopic (exact) mass is 257 g/mol. The second-order valence-electron chi connectivity index (χ2n) is 3.64. The largest absolute Gasteiger partial charge is 0.478 e. The van der Waals surface area contributed by atoms with Gasteiger partial charge < -0.3 is 10.4 Å². The van der Waals surface area contributed by atoms with Crippen LogP contribution in [0.15, 0.2) is 36.5 Å². The Morgan fingerprint density at radius 1 is 1.37 bits per heavy atom. The number of carboxylic acid groups (broad SMARTS) is 1. The molecule has 0 radical (unpaired) electrons. The number of aromatic nitrogens is 1. The smallest absolute Gasteiger partial charge is 0.335 e. The van der Waals surface area contributed by atoms with Crippen molar-refractivity contribution in [1.29, 1.82) is 5.26 Å². The van der Waals surface area contributed by atoms with Crippen molar-refractivity contribution in [2.24, 2.45) is 0 Å². The molecular formula is C13H8FN3O2. The third-order valence-electron chi connectivity index (χ3n) is 2.40. The van der Waals surface area contributed by atoms with E-state index in [-0.39, 0.29) is 16.9 Å². The Morgan fingerprint density at radius 3 is 2.79 bits per heavy atom. The van der Waals surface area contributed by atoms with Gasteiger partial charge in [-0.3, -0.25) is 0 Å². The Balaban J connectivity index is 2.34. The van der Waals surface area contributed by atoms with Crippen LogP contribution in [0, 0.1) is 17.1 Å². The van der Waals surface area contributed by atoms with Crippen LogP contribution >= 0.6 is 0 Å². The number of nitrogens with one attached hydrogen (secondary N) is 1. The number of halogens is 1. The summed E-state index contributed by atoms with van der Waals surface area (Å²) < 4.78 is 13.7. The first-order chi connectivity index (χ1) is 9.11. The molecule has 94 valence electrons. The summed E-state index contributed by atoms with van der Waals surface area (Å²) in [4.78, 5) is 14.5. The van der Waals surface area contributed by atoms with Gasteiger partial charge in [-0.15, -0.1) is 0 Å². The average molecular weight is 257 g/mol. The van der Waals surface area contributed by atoms with E-state index in [9.17, 15) is 9.18 Å². The molecule has 6 heteroatoms. The molecule has 1 aromatic carbocycles. The van der Waals surface area contributed by atoms with Crippen LogP contribution in [0.3, 0.4) is 0 Å². The van der Waals surface area contributed by atoms with E-state index < -0.39 is 11.8 Å². The zero-order valence-electron chi connectivity index (χ0n) is 9.59. The van der Waals surface area contributed by atoms with Crippen molar-refractivity contribution in [2.45, 2.75) is 0 Å². The van der Waals surface area contributed by atoms with E-state index >= 15 is 0 Å². The maximum absolute atomic E-state index is 13.7. The Hall–Kier alpha value is -2.94. The van der Waals surface area contributed by atoms with Crippen molar-refractivity contribution in [2.75, 3.05) is 5.32 Å². The van der Waals surface area contributed by atoms with Gasteiger partial charge in [0.15, 0.2) is 5.69 Å². The predicted octanol–water partition coefficient (Wildman–Crippen LogP) is 2.53. The third-order valence-corrected chi connectivity index (χ3v) is 2.40. The van der Waals surface area contributed by atoms with E-state index in [0.717, 1.165) is 6.07 Å². The van der Waals surface area contributed by atoms with Crippen LogP contribution < -0.4 is 5.32 Å². The molecule has 0 aliphatic rings. The van der Waals surface area contributed by atoms with Gasteiger partial charge in [-0.2, -0.15) is 5.26 Å². The van der Waals surface area contributed by atoms with E-state index in [0.29, 0.717) is 5.69 Å². The van der Waals surface area contributed by atoms with Crippen molar-refractivity contribution >= 4 is 17.3 Å². The number of hydrogen-bond donors (Lipinski definition) is 2. The molecule has 1 heterocycles. The molecule has 0 bridgehead atoms. The van der Waals surface area contributed by atoms with Crippen molar-refractivity contribution in [3.05, 3.63) is 53.6 Å². The van der Waals surface area contributed by atoms with Crippen LogP contribution in [-0.2, 0) is 0 Å². The van der Waals surface area contributed by atoms with Gasteiger partial charge in [0.1, 0.15) is 11.9 Å². The molecule has 0 spiro atoms. The van der Waals surface area contributed by atoms with E-state index in [4.69, 9.17) is 10.4 Å². The lowest BCUT2D eigenvalue weighted by Crippen LogP contribution is -2.01. The van der Waals surface area contributed by atoms with Crippen LogP contribution in [-0.4, -0.2) is 16.1 Å². The molecule has 0 aliphatic carbocycles. The van der Waals surface area contributed by atoms with E-state index in [1.54, 1.807) is 12.1 Å². The van der Waals surface area contributed by atoms with Gasteiger partial charge >= 0.3 is 5.97 Å². The number of carboxylic acids is 1. The molecule has 2 rings (SSSR count). The Bertz CT molecular complexity index is 680. The highest BCUT2D eigenvalue weighted by Crippen LogP contribution is 2.22. The van der Waals surface area contributed by atoms with Crippen LogP contribution in [0.4, 0.5) is 15.8 Å². The molecular weight excluding hydrogens is 249 g/mol.